The Morgan fingerprint density at radius 1 is 1.26 bits per heavy atom. The van der Waals surface area contributed by atoms with E-state index in [0.717, 1.165) is 19.0 Å². The van der Waals surface area contributed by atoms with Gasteiger partial charge in [0.1, 0.15) is 6.33 Å². The maximum absolute atomic E-state index is 12.2. The van der Waals surface area contributed by atoms with E-state index in [1.807, 2.05) is 6.92 Å². The minimum atomic E-state index is -3.84. The summed E-state index contributed by atoms with van der Waals surface area (Å²) in [5, 5.41) is 3.59. The van der Waals surface area contributed by atoms with Crippen molar-refractivity contribution in [1.29, 1.82) is 0 Å². The van der Waals surface area contributed by atoms with Crippen molar-refractivity contribution in [3.63, 3.8) is 0 Å². The van der Waals surface area contributed by atoms with E-state index < -0.39 is 16.0 Å². The second-order valence-electron chi connectivity index (χ2n) is 3.75. The lowest BCUT2D eigenvalue weighted by atomic mass is 10.2. The van der Waals surface area contributed by atoms with Crippen molar-refractivity contribution in [1.82, 2.24) is 14.2 Å². The number of benzene rings is 1. The first-order valence-electron chi connectivity index (χ1n) is 5.27. The number of aromatic nitrogens is 3. The first-order valence-corrected chi connectivity index (χ1v) is 6.71. The van der Waals surface area contributed by atoms with E-state index in [1.54, 1.807) is 12.1 Å². The molecule has 7 nitrogen and oxygen atoms in total. The molecule has 100 valence electrons. The fourth-order valence-electron chi connectivity index (χ4n) is 1.37. The highest BCUT2D eigenvalue weighted by molar-refractivity contribution is 7.89. The van der Waals surface area contributed by atoms with Gasteiger partial charge in [0.05, 0.1) is 12.0 Å². The molecule has 2 rings (SSSR count). The maximum Gasteiger partial charge on any atom is 0.378 e. The predicted octanol–water partition coefficient (Wildman–Crippen LogP) is 0.610. The molecule has 2 aromatic rings. The molecule has 0 aliphatic heterocycles. The summed E-state index contributed by atoms with van der Waals surface area (Å²) in [5.74, 6) is -1.10. The zero-order valence-corrected chi connectivity index (χ0v) is 11.1. The number of methoxy groups -OCH3 is 1. The van der Waals surface area contributed by atoms with E-state index in [0.29, 0.717) is 4.09 Å². The van der Waals surface area contributed by atoms with Gasteiger partial charge in [-0.2, -0.15) is 8.42 Å². The Labute approximate surface area is 109 Å². The molecule has 0 saturated heterocycles. The molecule has 0 aliphatic carbocycles. The van der Waals surface area contributed by atoms with E-state index >= 15 is 0 Å². The Balaban J connectivity index is 2.42. The molecule has 0 fully saturated rings. The average Bonchev–Trinajstić information content (AvgIpc) is 2.88. The quantitative estimate of drug-likeness (QED) is 0.765. The van der Waals surface area contributed by atoms with E-state index in [9.17, 15) is 13.2 Å². The van der Waals surface area contributed by atoms with Gasteiger partial charge in [-0.15, -0.1) is 9.19 Å². The van der Waals surface area contributed by atoms with Crippen LogP contribution in [0.1, 0.15) is 16.2 Å². The van der Waals surface area contributed by atoms with Gasteiger partial charge in [-0.25, -0.2) is 9.78 Å². The van der Waals surface area contributed by atoms with Crippen molar-refractivity contribution < 1.29 is 17.9 Å². The molecule has 0 unspecified atom stereocenters. The molecule has 1 aromatic heterocycles. The van der Waals surface area contributed by atoms with Crippen LogP contribution in [0.5, 0.6) is 0 Å². The molecule has 8 heteroatoms. The number of hydrogen-bond acceptors (Lipinski definition) is 6. The molecule has 0 amide bonds. The number of carbonyl (C=O) groups is 1. The van der Waals surface area contributed by atoms with Crippen LogP contribution < -0.4 is 0 Å². The fourth-order valence-corrected chi connectivity index (χ4v) is 2.42. The van der Waals surface area contributed by atoms with E-state index in [-0.39, 0.29) is 10.7 Å². The summed E-state index contributed by atoms with van der Waals surface area (Å²) in [5.41, 5.74) is 0.938. The second-order valence-corrected chi connectivity index (χ2v) is 5.55. The van der Waals surface area contributed by atoms with Crippen molar-refractivity contribution in [2.45, 2.75) is 11.8 Å². The van der Waals surface area contributed by atoms with Crippen molar-refractivity contribution in [2.75, 3.05) is 7.11 Å². The van der Waals surface area contributed by atoms with Crippen LogP contribution >= 0.6 is 0 Å². The van der Waals surface area contributed by atoms with Gasteiger partial charge in [0.15, 0.2) is 0 Å². The summed E-state index contributed by atoms with van der Waals surface area (Å²) in [6.07, 6.45) is 0.960. The largest absolute Gasteiger partial charge is 0.463 e. The predicted molar refractivity (Wildman–Crippen MR) is 65.1 cm³/mol. The third-order valence-corrected chi connectivity index (χ3v) is 3.94. The van der Waals surface area contributed by atoms with Crippen LogP contribution in [-0.2, 0) is 14.8 Å². The number of ether oxygens (including phenoxy) is 1. The van der Waals surface area contributed by atoms with Crippen molar-refractivity contribution in [2.24, 2.45) is 0 Å². The minimum Gasteiger partial charge on any atom is -0.463 e. The van der Waals surface area contributed by atoms with Crippen molar-refractivity contribution in [3.05, 3.63) is 42.0 Å². The Kier molecular flexibility index (Phi) is 3.34. The summed E-state index contributed by atoms with van der Waals surface area (Å²) in [6, 6.07) is 6.27. The summed E-state index contributed by atoms with van der Waals surface area (Å²) in [7, 11) is -2.68. The summed E-state index contributed by atoms with van der Waals surface area (Å²) < 4.78 is 29.4. The van der Waals surface area contributed by atoms with Crippen LogP contribution in [0.2, 0.25) is 0 Å². The molecule has 1 heterocycles. The molecule has 0 atom stereocenters. The van der Waals surface area contributed by atoms with Gasteiger partial charge in [-0.05, 0) is 19.1 Å². The van der Waals surface area contributed by atoms with Crippen LogP contribution in [0, 0.1) is 6.92 Å². The van der Waals surface area contributed by atoms with E-state index in [2.05, 4.69) is 14.8 Å². The lowest BCUT2D eigenvalue weighted by Crippen LogP contribution is -2.15. The molecule has 0 N–H and O–H groups in total. The number of aryl methyl sites for hydroxylation is 1. The highest BCUT2D eigenvalue weighted by Gasteiger charge is 2.21. The Hall–Kier alpha value is -2.22. The zero-order chi connectivity index (χ0) is 14.0. The van der Waals surface area contributed by atoms with Gasteiger partial charge >= 0.3 is 5.97 Å². The number of rotatable bonds is 3. The molecule has 19 heavy (non-hydrogen) atoms. The SMILES string of the molecule is COC(=O)c1ncn(S(=O)(=O)c2ccc(C)cc2)n1. The van der Waals surface area contributed by atoms with Crippen molar-refractivity contribution >= 4 is 16.0 Å². The molecule has 0 radical (unpaired) electrons. The molecule has 1 aromatic carbocycles. The smallest absolute Gasteiger partial charge is 0.378 e. The lowest BCUT2D eigenvalue weighted by molar-refractivity contribution is 0.0587. The Morgan fingerprint density at radius 2 is 1.89 bits per heavy atom. The molecule has 0 saturated carbocycles. The van der Waals surface area contributed by atoms with Gasteiger partial charge in [0, 0.05) is 0 Å². The fraction of sp³-hybridized carbons (Fsp3) is 0.182. The van der Waals surface area contributed by atoms with Crippen LogP contribution in [-0.4, -0.2) is 35.7 Å². The highest BCUT2D eigenvalue weighted by Crippen LogP contribution is 2.13. The van der Waals surface area contributed by atoms with Crippen LogP contribution in [0.15, 0.2) is 35.5 Å². The Morgan fingerprint density at radius 3 is 2.47 bits per heavy atom. The summed E-state index contributed by atoms with van der Waals surface area (Å²) in [4.78, 5) is 14.8. The molecular formula is C11H11N3O4S. The van der Waals surface area contributed by atoms with Crippen LogP contribution in [0.25, 0.3) is 0 Å². The third kappa shape index (κ3) is 2.48. The topological polar surface area (TPSA) is 91.1 Å². The zero-order valence-electron chi connectivity index (χ0n) is 10.3. The van der Waals surface area contributed by atoms with Gasteiger partial charge in [-0.1, -0.05) is 17.7 Å². The summed E-state index contributed by atoms with van der Waals surface area (Å²) >= 11 is 0. The van der Waals surface area contributed by atoms with Crippen LogP contribution in [0.3, 0.4) is 0 Å². The number of esters is 1. The minimum absolute atomic E-state index is 0.0689. The number of hydrogen-bond donors (Lipinski definition) is 0. The number of nitrogens with zero attached hydrogens (tertiary/aromatic N) is 3. The first-order chi connectivity index (χ1) is 8.95. The maximum atomic E-state index is 12.2. The van der Waals surface area contributed by atoms with Gasteiger partial charge in [0.2, 0.25) is 0 Å². The highest BCUT2D eigenvalue weighted by atomic mass is 32.2. The van der Waals surface area contributed by atoms with Crippen molar-refractivity contribution in [3.8, 4) is 0 Å². The van der Waals surface area contributed by atoms with Gasteiger partial charge in [-0.3, -0.25) is 0 Å². The molecule has 0 spiro atoms. The normalized spacial score (nSPS) is 11.3. The third-order valence-electron chi connectivity index (χ3n) is 2.41. The van der Waals surface area contributed by atoms with Gasteiger partial charge in [0.25, 0.3) is 15.8 Å². The molecule has 0 bridgehead atoms. The Bertz CT molecular complexity index is 704. The molecule has 0 aliphatic rings. The van der Waals surface area contributed by atoms with Crippen LogP contribution in [0.4, 0.5) is 0 Å². The van der Waals surface area contributed by atoms with Gasteiger partial charge < -0.3 is 4.74 Å². The lowest BCUT2D eigenvalue weighted by Gasteiger charge is -2.03. The first kappa shape index (κ1) is 13.2. The monoisotopic (exact) mass is 281 g/mol. The number of carbonyl (C=O) groups excluding carboxylic acids is 1. The average molecular weight is 281 g/mol. The summed E-state index contributed by atoms with van der Waals surface area (Å²) in [6.45, 7) is 1.85. The van der Waals surface area contributed by atoms with E-state index in [1.165, 1.54) is 12.1 Å². The molecular weight excluding hydrogens is 270 g/mol. The second kappa shape index (κ2) is 4.81. The van der Waals surface area contributed by atoms with E-state index in [4.69, 9.17) is 0 Å². The standard InChI is InChI=1S/C11H11N3O4S/c1-8-3-5-9(6-4-8)19(16,17)14-7-12-10(13-14)11(15)18-2/h3-7H,1-2H3.